The Morgan fingerprint density at radius 3 is 1.75 bits per heavy atom. The molecule has 1 heteroatoms. The number of hydrogen-bond acceptors (Lipinski definition) is 1. The molecular formula is C7H14O. The normalized spacial score (nSPS) is 12.0. The summed E-state index contributed by atoms with van der Waals surface area (Å²) in [4.78, 5) is 0. The maximum absolute atomic E-state index is 5.03. The van der Waals surface area contributed by atoms with Gasteiger partial charge in [0.25, 0.3) is 0 Å². The zero-order valence-electron chi connectivity index (χ0n) is 5.90. The van der Waals surface area contributed by atoms with Gasteiger partial charge in [0.1, 0.15) is 7.11 Å². The van der Waals surface area contributed by atoms with Crippen LogP contribution in [0.25, 0.3) is 0 Å². The van der Waals surface area contributed by atoms with E-state index in [-0.39, 0.29) is 5.60 Å². The average molecular weight is 114 g/mol. The van der Waals surface area contributed by atoms with Crippen molar-refractivity contribution in [2.45, 2.75) is 39.2 Å². The molecule has 2 radical (unpaired) electrons. The van der Waals surface area contributed by atoms with Gasteiger partial charge in [0.2, 0.25) is 0 Å². The highest BCUT2D eigenvalue weighted by Crippen LogP contribution is 2.17. The van der Waals surface area contributed by atoms with Gasteiger partial charge >= 0.3 is 0 Å². The average Bonchev–Trinajstić information content (AvgIpc) is 1.87. The second-order valence-electron chi connectivity index (χ2n) is 2.27. The summed E-state index contributed by atoms with van der Waals surface area (Å²) in [5.41, 5.74) is -0.0972. The van der Waals surface area contributed by atoms with Crippen LogP contribution in [0, 0.1) is 7.11 Å². The largest absolute Gasteiger partial charge is 0.366 e. The van der Waals surface area contributed by atoms with E-state index in [9.17, 15) is 0 Å². The third-order valence-electron chi connectivity index (χ3n) is 1.78. The predicted octanol–water partition coefficient (Wildman–Crippen LogP) is 2.25. The van der Waals surface area contributed by atoms with E-state index >= 15 is 0 Å². The van der Waals surface area contributed by atoms with E-state index in [2.05, 4.69) is 13.8 Å². The lowest BCUT2D eigenvalue weighted by Crippen LogP contribution is -2.23. The van der Waals surface area contributed by atoms with E-state index in [4.69, 9.17) is 11.8 Å². The van der Waals surface area contributed by atoms with Crippen molar-refractivity contribution in [2.24, 2.45) is 0 Å². The number of rotatable bonds is 3. The van der Waals surface area contributed by atoms with Crippen LogP contribution in [0.5, 0.6) is 0 Å². The lowest BCUT2D eigenvalue weighted by Gasteiger charge is -2.23. The smallest absolute Gasteiger partial charge is 0.116 e. The Morgan fingerprint density at radius 1 is 1.38 bits per heavy atom. The van der Waals surface area contributed by atoms with Crippen LogP contribution in [-0.2, 0) is 4.74 Å². The molecule has 0 aromatic carbocycles. The number of hydrogen-bond donors (Lipinski definition) is 0. The van der Waals surface area contributed by atoms with Crippen LogP contribution in [-0.4, -0.2) is 5.60 Å². The second-order valence-corrected chi connectivity index (χ2v) is 2.27. The molecule has 0 N–H and O–H groups in total. The molecule has 8 heavy (non-hydrogen) atoms. The third kappa shape index (κ3) is 1.83. The van der Waals surface area contributed by atoms with Gasteiger partial charge in [0.05, 0.1) is 5.60 Å². The molecule has 0 bridgehead atoms. The van der Waals surface area contributed by atoms with Crippen molar-refractivity contribution in [2.75, 3.05) is 0 Å². The van der Waals surface area contributed by atoms with Crippen molar-refractivity contribution in [1.82, 2.24) is 0 Å². The summed E-state index contributed by atoms with van der Waals surface area (Å²) in [6, 6.07) is 0. The minimum absolute atomic E-state index is 0.0972. The van der Waals surface area contributed by atoms with Crippen LogP contribution in [0.3, 0.4) is 0 Å². The molecule has 0 aliphatic rings. The first-order chi connectivity index (χ1) is 3.68. The molecule has 0 saturated carbocycles. The molecular weight excluding hydrogens is 100 g/mol. The molecule has 0 saturated heterocycles. The van der Waals surface area contributed by atoms with Crippen molar-refractivity contribution in [3.63, 3.8) is 0 Å². The van der Waals surface area contributed by atoms with Gasteiger partial charge in [-0.2, -0.15) is 0 Å². The van der Waals surface area contributed by atoms with Crippen LogP contribution in [0.15, 0.2) is 0 Å². The van der Waals surface area contributed by atoms with Crippen LogP contribution < -0.4 is 0 Å². The SMILES string of the molecule is [CH]OC(C)(CC)CC. The monoisotopic (exact) mass is 114 g/mol. The van der Waals surface area contributed by atoms with E-state index in [0.29, 0.717) is 0 Å². The van der Waals surface area contributed by atoms with Gasteiger partial charge in [-0.25, -0.2) is 0 Å². The molecule has 0 amide bonds. The summed E-state index contributed by atoms with van der Waals surface area (Å²) in [6.45, 7) is 6.14. The van der Waals surface area contributed by atoms with Gasteiger partial charge in [-0.3, -0.25) is 0 Å². The highest BCUT2D eigenvalue weighted by atomic mass is 16.5. The van der Waals surface area contributed by atoms with E-state index < -0.39 is 0 Å². The quantitative estimate of drug-likeness (QED) is 0.546. The summed E-state index contributed by atoms with van der Waals surface area (Å²) >= 11 is 0. The van der Waals surface area contributed by atoms with Crippen molar-refractivity contribution in [3.05, 3.63) is 7.11 Å². The van der Waals surface area contributed by atoms with Gasteiger partial charge in [0, 0.05) is 0 Å². The summed E-state index contributed by atoms with van der Waals surface area (Å²) < 4.78 is 4.74. The fraction of sp³-hybridized carbons (Fsp3) is 0.857. The molecule has 0 aliphatic carbocycles. The summed E-state index contributed by atoms with van der Waals surface area (Å²) in [6.07, 6.45) is 1.94. The maximum atomic E-state index is 5.03. The zero-order valence-corrected chi connectivity index (χ0v) is 5.90. The summed E-state index contributed by atoms with van der Waals surface area (Å²) in [5, 5.41) is 0. The topological polar surface area (TPSA) is 9.23 Å². The maximum Gasteiger partial charge on any atom is 0.116 e. The highest BCUT2D eigenvalue weighted by molar-refractivity contribution is 4.69. The molecule has 0 aromatic heterocycles. The predicted molar refractivity (Wildman–Crippen MR) is 34.4 cm³/mol. The highest BCUT2D eigenvalue weighted by Gasteiger charge is 2.16. The molecule has 0 rings (SSSR count). The van der Waals surface area contributed by atoms with Gasteiger partial charge in [-0.05, 0) is 19.8 Å². The summed E-state index contributed by atoms with van der Waals surface area (Å²) in [7, 11) is 5.03. The standard InChI is InChI=1S/C7H14O/c1-5-7(3,6-2)8-4/h4H,5-6H2,1-3H3. The Morgan fingerprint density at radius 2 is 1.75 bits per heavy atom. The molecule has 48 valence electrons. The molecule has 0 fully saturated rings. The molecule has 0 unspecified atom stereocenters. The minimum atomic E-state index is -0.0972. The Labute approximate surface area is 52.0 Å². The molecule has 0 heterocycles. The van der Waals surface area contributed by atoms with Gasteiger partial charge < -0.3 is 4.74 Å². The van der Waals surface area contributed by atoms with Crippen molar-refractivity contribution in [1.29, 1.82) is 0 Å². The zero-order chi connectivity index (χ0) is 6.62. The molecule has 1 nitrogen and oxygen atoms in total. The van der Waals surface area contributed by atoms with E-state index in [0.717, 1.165) is 12.8 Å². The Kier molecular flexibility index (Phi) is 3.06. The first-order valence-corrected chi connectivity index (χ1v) is 3.06. The van der Waals surface area contributed by atoms with E-state index in [1.807, 2.05) is 6.92 Å². The third-order valence-corrected chi connectivity index (χ3v) is 1.78. The first-order valence-electron chi connectivity index (χ1n) is 3.06. The van der Waals surface area contributed by atoms with Crippen molar-refractivity contribution >= 4 is 0 Å². The molecule has 0 aromatic rings. The van der Waals surface area contributed by atoms with Crippen LogP contribution >= 0.6 is 0 Å². The minimum Gasteiger partial charge on any atom is -0.366 e. The van der Waals surface area contributed by atoms with Gasteiger partial charge in [-0.15, -0.1) is 0 Å². The van der Waals surface area contributed by atoms with Crippen molar-refractivity contribution in [3.8, 4) is 0 Å². The Bertz CT molecular complexity index is 47.1. The summed E-state index contributed by atoms with van der Waals surface area (Å²) in [5.74, 6) is 0. The molecule has 0 spiro atoms. The van der Waals surface area contributed by atoms with E-state index in [1.54, 1.807) is 0 Å². The Hall–Kier alpha value is -0.0400. The lowest BCUT2D eigenvalue weighted by atomic mass is 10.0. The van der Waals surface area contributed by atoms with Crippen LogP contribution in [0.1, 0.15) is 33.6 Å². The van der Waals surface area contributed by atoms with E-state index in [1.165, 1.54) is 0 Å². The van der Waals surface area contributed by atoms with Gasteiger partial charge in [-0.1, -0.05) is 13.8 Å². The molecule has 0 atom stereocenters. The Balaban J connectivity index is 3.58. The molecule has 0 aliphatic heterocycles. The van der Waals surface area contributed by atoms with Crippen molar-refractivity contribution < 1.29 is 4.74 Å². The van der Waals surface area contributed by atoms with Crippen LogP contribution in [0.2, 0.25) is 0 Å². The fourth-order valence-corrected chi connectivity index (χ4v) is 0.417. The first kappa shape index (κ1) is 7.96. The fourth-order valence-electron chi connectivity index (χ4n) is 0.417. The number of ether oxygens (including phenoxy) is 1. The lowest BCUT2D eigenvalue weighted by molar-refractivity contribution is 0.0271. The second kappa shape index (κ2) is 3.08. The van der Waals surface area contributed by atoms with Gasteiger partial charge in [0.15, 0.2) is 0 Å². The van der Waals surface area contributed by atoms with Crippen LogP contribution in [0.4, 0.5) is 0 Å².